The Kier molecular flexibility index (Phi) is 70.0. The van der Waals surface area contributed by atoms with E-state index in [4.69, 9.17) is 9.47 Å². The van der Waals surface area contributed by atoms with Gasteiger partial charge in [-0.2, -0.15) is 0 Å². The summed E-state index contributed by atoms with van der Waals surface area (Å²) in [6.45, 7) is 3.77. The minimum absolute atomic E-state index is 0.138. The third-order valence-electron chi connectivity index (χ3n) is 19.2. The van der Waals surface area contributed by atoms with Crippen LogP contribution in [0.25, 0.3) is 0 Å². The molecule has 1 amide bonds. The van der Waals surface area contributed by atoms with Crippen LogP contribution in [0.5, 0.6) is 0 Å². The van der Waals surface area contributed by atoms with Crippen LogP contribution in [0.15, 0.2) is 97.2 Å². The van der Waals surface area contributed by atoms with Crippen LogP contribution in [0.2, 0.25) is 0 Å². The molecule has 95 heavy (non-hydrogen) atoms. The third-order valence-corrected chi connectivity index (χ3v) is 19.2. The highest BCUT2D eigenvalue weighted by atomic mass is 16.7. The topological polar surface area (TPSA) is 149 Å². The van der Waals surface area contributed by atoms with E-state index < -0.39 is 49.5 Å². The van der Waals surface area contributed by atoms with Gasteiger partial charge in [-0.15, -0.1) is 0 Å². The number of ether oxygens (including phenoxy) is 2. The lowest BCUT2D eigenvalue weighted by atomic mass is 9.99. The summed E-state index contributed by atoms with van der Waals surface area (Å²) < 4.78 is 11.4. The lowest BCUT2D eigenvalue weighted by Crippen LogP contribution is -2.60. The van der Waals surface area contributed by atoms with Gasteiger partial charge in [-0.05, 0) is 77.0 Å². The molecule has 1 fully saturated rings. The maximum Gasteiger partial charge on any atom is 0.220 e. The SMILES string of the molecule is CC/C=C\C/C=C\C/C=C\C/C=C\C/C=C\C/C=C\C/C=C\C/C=C\CCCCCCCCCCCCCCCCCCC(=O)NC(COC1OC(CO)C(O)C(O)C1O)C(O)CCCCCCCCCCCCCCCCCCCCCCCCCCCCCCCCC. The number of rotatable bonds is 72. The first-order valence-electron chi connectivity index (χ1n) is 40.9. The van der Waals surface area contributed by atoms with Crippen molar-refractivity contribution in [2.24, 2.45) is 0 Å². The normalized spacial score (nSPS) is 18.0. The smallest absolute Gasteiger partial charge is 0.220 e. The summed E-state index contributed by atoms with van der Waals surface area (Å²) in [6.07, 6.45) is 101. The summed E-state index contributed by atoms with van der Waals surface area (Å²) in [5, 5.41) is 55.1. The van der Waals surface area contributed by atoms with E-state index in [0.29, 0.717) is 12.8 Å². The summed E-state index contributed by atoms with van der Waals surface area (Å²) in [4.78, 5) is 13.2. The number of hydrogen-bond donors (Lipinski definition) is 6. The van der Waals surface area contributed by atoms with Crippen LogP contribution in [-0.2, 0) is 14.3 Å². The molecule has 1 saturated heterocycles. The van der Waals surface area contributed by atoms with E-state index in [1.807, 2.05) is 0 Å². The number of unbranched alkanes of at least 4 members (excludes halogenated alkanes) is 46. The van der Waals surface area contributed by atoms with Gasteiger partial charge >= 0.3 is 0 Å². The Morgan fingerprint density at radius 1 is 0.368 bits per heavy atom. The molecule has 7 unspecified atom stereocenters. The Balaban J connectivity index is 2.06. The number of amides is 1. The predicted molar refractivity (Wildman–Crippen MR) is 410 cm³/mol. The van der Waals surface area contributed by atoms with E-state index in [1.54, 1.807) is 0 Å². The first kappa shape index (κ1) is 90.1. The summed E-state index contributed by atoms with van der Waals surface area (Å²) in [5.74, 6) is -0.140. The molecular formula is C86H155NO8. The van der Waals surface area contributed by atoms with Crippen molar-refractivity contribution in [1.29, 1.82) is 0 Å². The van der Waals surface area contributed by atoms with Crippen molar-refractivity contribution in [1.82, 2.24) is 5.32 Å². The quantitative estimate of drug-likeness (QED) is 0.0261. The van der Waals surface area contributed by atoms with Crippen molar-refractivity contribution >= 4 is 5.91 Å². The zero-order valence-electron chi connectivity index (χ0n) is 62.2. The minimum Gasteiger partial charge on any atom is -0.394 e. The molecule has 0 aliphatic carbocycles. The van der Waals surface area contributed by atoms with E-state index in [0.717, 1.165) is 89.9 Å². The molecule has 0 aromatic heterocycles. The molecule has 9 nitrogen and oxygen atoms in total. The lowest BCUT2D eigenvalue weighted by Gasteiger charge is -2.40. The van der Waals surface area contributed by atoms with Gasteiger partial charge in [0.2, 0.25) is 5.91 Å². The van der Waals surface area contributed by atoms with Crippen LogP contribution in [0.1, 0.15) is 386 Å². The Bertz CT molecular complexity index is 1840. The highest BCUT2D eigenvalue weighted by molar-refractivity contribution is 5.76. The van der Waals surface area contributed by atoms with Gasteiger partial charge in [0.25, 0.3) is 0 Å². The van der Waals surface area contributed by atoms with Crippen molar-refractivity contribution in [2.75, 3.05) is 13.2 Å². The second-order valence-electron chi connectivity index (χ2n) is 28.2. The van der Waals surface area contributed by atoms with Gasteiger partial charge in [-0.25, -0.2) is 0 Å². The van der Waals surface area contributed by atoms with Crippen molar-refractivity contribution in [3.05, 3.63) is 97.2 Å². The van der Waals surface area contributed by atoms with E-state index in [-0.39, 0.29) is 12.5 Å². The molecule has 1 aliphatic rings. The fourth-order valence-corrected chi connectivity index (χ4v) is 12.9. The number of aliphatic hydroxyl groups is 5. The minimum atomic E-state index is -1.56. The second kappa shape index (κ2) is 73.8. The van der Waals surface area contributed by atoms with Crippen LogP contribution < -0.4 is 5.32 Å². The van der Waals surface area contributed by atoms with Crippen LogP contribution in [0, 0.1) is 0 Å². The first-order valence-corrected chi connectivity index (χ1v) is 40.9. The summed E-state index contributed by atoms with van der Waals surface area (Å²) >= 11 is 0. The number of allylic oxidation sites excluding steroid dienone is 16. The second-order valence-corrected chi connectivity index (χ2v) is 28.2. The van der Waals surface area contributed by atoms with E-state index in [2.05, 4.69) is 116 Å². The molecular weight excluding hydrogens is 1170 g/mol. The van der Waals surface area contributed by atoms with Gasteiger partial charge in [-0.3, -0.25) is 4.79 Å². The predicted octanol–water partition coefficient (Wildman–Crippen LogP) is 23.8. The zero-order chi connectivity index (χ0) is 68.5. The van der Waals surface area contributed by atoms with Crippen LogP contribution >= 0.6 is 0 Å². The molecule has 1 aliphatic heterocycles. The number of aliphatic hydroxyl groups excluding tert-OH is 5. The van der Waals surface area contributed by atoms with E-state index in [1.165, 1.54) is 270 Å². The average Bonchev–Trinajstić information content (AvgIpc) is 0.836. The highest BCUT2D eigenvalue weighted by Gasteiger charge is 2.44. The number of carbonyl (C=O) groups excluding carboxylic acids is 1. The largest absolute Gasteiger partial charge is 0.394 e. The molecule has 0 spiro atoms. The zero-order valence-corrected chi connectivity index (χ0v) is 62.2. The number of hydrogen-bond acceptors (Lipinski definition) is 8. The highest BCUT2D eigenvalue weighted by Crippen LogP contribution is 2.24. The number of carbonyl (C=O) groups is 1. The molecule has 0 aromatic carbocycles. The molecule has 0 radical (unpaired) electrons. The fourth-order valence-electron chi connectivity index (χ4n) is 12.9. The Morgan fingerprint density at radius 3 is 0.968 bits per heavy atom. The molecule has 6 N–H and O–H groups in total. The average molecular weight is 1330 g/mol. The van der Waals surface area contributed by atoms with Gasteiger partial charge < -0.3 is 40.3 Å². The van der Waals surface area contributed by atoms with Gasteiger partial charge in [0.15, 0.2) is 6.29 Å². The summed E-state index contributed by atoms with van der Waals surface area (Å²) in [5.41, 5.74) is 0. The molecule has 0 saturated carbocycles. The van der Waals surface area contributed by atoms with Gasteiger partial charge in [0, 0.05) is 6.42 Å². The van der Waals surface area contributed by atoms with Gasteiger partial charge in [-0.1, -0.05) is 400 Å². The first-order chi connectivity index (χ1) is 46.8. The molecule has 9 heteroatoms. The molecule has 1 rings (SSSR count). The number of nitrogens with one attached hydrogen (secondary N) is 1. The monoisotopic (exact) mass is 1330 g/mol. The summed E-state index contributed by atoms with van der Waals surface area (Å²) in [6, 6.07) is -0.725. The standard InChI is InChI=1S/C86H155NO8/c1-3-5-7-9-11-13-15-17-19-21-23-25-27-29-31-33-35-36-37-38-39-40-41-42-43-44-46-48-50-52-54-56-58-60-62-64-66-68-70-72-74-76-82(90)87-79(78-94-86-85(93)84(92)83(91)81(77-88)95-86)80(89)75-73-71-69-67-65-63-61-59-57-55-53-51-49-47-45-34-32-30-28-26-24-22-20-18-16-14-12-10-8-6-4-2/h5,7,11,13,17,19,23,25,29,31,35-36,38-39,41-42,79-81,83-86,88-89,91-93H,3-4,6,8-10,12,14-16,18,20-22,24,26-28,30,32-34,37,40,43-78H2,1-2H3,(H,87,90)/b7-5-,13-11-,19-17-,25-23-,31-29-,36-35-,39-38-,42-41-. The maximum atomic E-state index is 13.2. The summed E-state index contributed by atoms with van der Waals surface area (Å²) in [7, 11) is 0. The Morgan fingerprint density at radius 2 is 0.653 bits per heavy atom. The van der Waals surface area contributed by atoms with Crippen molar-refractivity contribution < 1.29 is 39.8 Å². The fraction of sp³-hybridized carbons (Fsp3) is 0.802. The molecule has 1 heterocycles. The maximum absolute atomic E-state index is 13.2. The van der Waals surface area contributed by atoms with Crippen molar-refractivity contribution in [3.63, 3.8) is 0 Å². The Hall–Kier alpha value is -2.89. The van der Waals surface area contributed by atoms with E-state index >= 15 is 0 Å². The van der Waals surface area contributed by atoms with Crippen molar-refractivity contribution in [3.8, 4) is 0 Å². The van der Waals surface area contributed by atoms with Crippen LogP contribution in [-0.4, -0.2) is 87.5 Å². The molecule has 7 atom stereocenters. The van der Waals surface area contributed by atoms with E-state index in [9.17, 15) is 30.3 Å². The van der Waals surface area contributed by atoms with Crippen LogP contribution in [0.3, 0.4) is 0 Å². The van der Waals surface area contributed by atoms with Crippen LogP contribution in [0.4, 0.5) is 0 Å². The Labute approximate surface area is 587 Å². The molecule has 552 valence electrons. The lowest BCUT2D eigenvalue weighted by molar-refractivity contribution is -0.302. The third kappa shape index (κ3) is 61.9. The molecule has 0 aromatic rings. The van der Waals surface area contributed by atoms with Crippen molar-refractivity contribution in [2.45, 2.75) is 429 Å². The van der Waals surface area contributed by atoms with Gasteiger partial charge in [0.05, 0.1) is 25.4 Å². The van der Waals surface area contributed by atoms with Gasteiger partial charge in [0.1, 0.15) is 24.4 Å². The molecule has 0 bridgehead atoms.